The number of fused-ring (bicyclic) bond motifs is 3. The van der Waals surface area contributed by atoms with E-state index < -0.39 is 0 Å². The maximum atomic E-state index is 5.79. The van der Waals surface area contributed by atoms with Crippen LogP contribution in [0.15, 0.2) is 24.3 Å². The lowest BCUT2D eigenvalue weighted by Gasteiger charge is -2.31. The Morgan fingerprint density at radius 3 is 2.90 bits per heavy atom. The molecule has 1 N–H and O–H groups in total. The number of methoxy groups -OCH3 is 1. The van der Waals surface area contributed by atoms with E-state index in [1.165, 1.54) is 37.7 Å². The highest BCUT2D eigenvalue weighted by molar-refractivity contribution is 7.80. The molecular weight excluding hydrogens is 384 g/mol. The molecule has 1 saturated carbocycles. The summed E-state index contributed by atoms with van der Waals surface area (Å²) < 4.78 is 7.15. The van der Waals surface area contributed by atoms with Crippen molar-refractivity contribution in [2.45, 2.75) is 51.6 Å². The fourth-order valence-electron chi connectivity index (χ4n) is 4.07. The molecule has 0 saturated heterocycles. The summed E-state index contributed by atoms with van der Waals surface area (Å²) in [6.45, 7) is 4.06. The zero-order chi connectivity index (χ0) is 20.2. The van der Waals surface area contributed by atoms with Gasteiger partial charge in [-0.3, -0.25) is 0 Å². The second-order valence-electron chi connectivity index (χ2n) is 7.84. The van der Waals surface area contributed by atoms with Gasteiger partial charge in [0.05, 0.1) is 12.1 Å². The van der Waals surface area contributed by atoms with Crippen LogP contribution in [0.25, 0.3) is 16.6 Å². The van der Waals surface area contributed by atoms with Crippen molar-refractivity contribution >= 4 is 33.9 Å². The molecule has 29 heavy (non-hydrogen) atoms. The average Bonchev–Trinajstić information content (AvgIpc) is 3.21. The first-order valence-electron chi connectivity index (χ1n) is 10.3. The fourth-order valence-corrected chi connectivity index (χ4v) is 4.40. The van der Waals surface area contributed by atoms with Crippen LogP contribution in [0.4, 0.5) is 0 Å². The first-order valence-corrected chi connectivity index (χ1v) is 10.7. The molecule has 1 aliphatic carbocycles. The van der Waals surface area contributed by atoms with Crippen molar-refractivity contribution < 1.29 is 4.74 Å². The normalized spacial score (nSPS) is 15.1. The van der Waals surface area contributed by atoms with Gasteiger partial charge in [0.15, 0.2) is 10.8 Å². The summed E-state index contributed by atoms with van der Waals surface area (Å²) in [4.78, 5) is 2.17. The van der Waals surface area contributed by atoms with Gasteiger partial charge >= 0.3 is 0 Å². The van der Waals surface area contributed by atoms with Crippen molar-refractivity contribution in [3.05, 3.63) is 35.4 Å². The lowest BCUT2D eigenvalue weighted by atomic mass is 9.96. The number of benzene rings is 1. The highest BCUT2D eigenvalue weighted by Crippen LogP contribution is 2.22. The molecule has 0 bridgehead atoms. The van der Waals surface area contributed by atoms with Gasteiger partial charge in [-0.15, -0.1) is 5.10 Å². The number of aromatic nitrogens is 4. The molecule has 2 aromatic heterocycles. The number of hydrogen-bond donors (Lipinski definition) is 1. The highest BCUT2D eigenvalue weighted by Gasteiger charge is 2.19. The van der Waals surface area contributed by atoms with Gasteiger partial charge < -0.3 is 15.0 Å². The third kappa shape index (κ3) is 4.48. The molecule has 0 aliphatic heterocycles. The van der Waals surface area contributed by atoms with Gasteiger partial charge in [-0.05, 0) is 60.6 Å². The first-order chi connectivity index (χ1) is 14.2. The number of nitrogens with one attached hydrogen (secondary N) is 1. The Bertz CT molecular complexity index is 997. The van der Waals surface area contributed by atoms with Gasteiger partial charge in [0.2, 0.25) is 0 Å². The number of thiocarbonyl (C=S) groups is 1. The Morgan fingerprint density at radius 1 is 1.28 bits per heavy atom. The predicted octanol–water partition coefficient (Wildman–Crippen LogP) is 3.24. The topological polar surface area (TPSA) is 67.6 Å². The number of pyridine rings is 1. The maximum absolute atomic E-state index is 5.79. The predicted molar refractivity (Wildman–Crippen MR) is 118 cm³/mol. The van der Waals surface area contributed by atoms with Crippen LogP contribution in [0.3, 0.4) is 0 Å². The molecular formula is C21H28N6OS. The van der Waals surface area contributed by atoms with E-state index in [2.05, 4.69) is 56.9 Å². The third-order valence-corrected chi connectivity index (χ3v) is 6.02. The van der Waals surface area contributed by atoms with E-state index >= 15 is 0 Å². The van der Waals surface area contributed by atoms with Crippen LogP contribution in [0.5, 0.6) is 0 Å². The minimum absolute atomic E-state index is 0.468. The van der Waals surface area contributed by atoms with Crippen molar-refractivity contribution in [1.82, 2.24) is 30.3 Å². The molecule has 1 aromatic carbocycles. The monoisotopic (exact) mass is 412 g/mol. The molecule has 0 amide bonds. The molecule has 8 heteroatoms. The summed E-state index contributed by atoms with van der Waals surface area (Å²) in [5, 5.41) is 17.9. The van der Waals surface area contributed by atoms with E-state index in [-0.39, 0.29) is 0 Å². The van der Waals surface area contributed by atoms with Gasteiger partial charge in [-0.1, -0.05) is 30.9 Å². The number of nitrogens with zero attached hydrogens (tertiary/aromatic N) is 5. The van der Waals surface area contributed by atoms with E-state index in [1.807, 2.05) is 4.52 Å². The van der Waals surface area contributed by atoms with E-state index in [0.29, 0.717) is 25.7 Å². The zero-order valence-corrected chi connectivity index (χ0v) is 17.9. The lowest BCUT2D eigenvalue weighted by molar-refractivity contribution is 0.173. The molecule has 154 valence electrons. The minimum Gasteiger partial charge on any atom is -0.383 e. The number of rotatable bonds is 6. The molecule has 2 heterocycles. The quantitative estimate of drug-likeness (QED) is 0.624. The molecule has 1 aliphatic rings. The summed E-state index contributed by atoms with van der Waals surface area (Å²) in [6, 6.07) is 8.96. The second kappa shape index (κ2) is 9.00. The van der Waals surface area contributed by atoms with Gasteiger partial charge in [0.25, 0.3) is 0 Å². The van der Waals surface area contributed by atoms with Crippen LogP contribution >= 0.6 is 12.2 Å². The van der Waals surface area contributed by atoms with Crippen LogP contribution in [0, 0.1) is 6.92 Å². The molecule has 4 rings (SSSR count). The van der Waals surface area contributed by atoms with Gasteiger partial charge in [0.1, 0.15) is 0 Å². The molecule has 0 unspecified atom stereocenters. The van der Waals surface area contributed by atoms with E-state index in [4.69, 9.17) is 17.0 Å². The van der Waals surface area contributed by atoms with Crippen LogP contribution in [-0.2, 0) is 11.3 Å². The summed E-state index contributed by atoms with van der Waals surface area (Å²) >= 11 is 5.79. The zero-order valence-electron chi connectivity index (χ0n) is 17.1. The van der Waals surface area contributed by atoms with Crippen molar-refractivity contribution in [2.24, 2.45) is 0 Å². The number of aryl methyl sites for hydroxylation is 1. The van der Waals surface area contributed by atoms with Crippen molar-refractivity contribution in [1.29, 1.82) is 0 Å². The Labute approximate surface area is 176 Å². The largest absolute Gasteiger partial charge is 0.383 e. The Hall–Kier alpha value is -2.32. The number of ether oxygens (including phenoxy) is 1. The smallest absolute Gasteiger partial charge is 0.184 e. The van der Waals surface area contributed by atoms with Crippen LogP contribution in [0.2, 0.25) is 0 Å². The molecule has 0 spiro atoms. The third-order valence-electron chi connectivity index (χ3n) is 5.64. The standard InChI is InChI=1S/C21H28N6OS/c1-15-8-9-19-16(12-15)13-17(20-23-24-25-27(19)20)14-26(10-11-28-2)21(29)22-18-6-4-3-5-7-18/h8-9,12-13,18H,3-7,10-11,14H2,1-2H3,(H,22,29). The van der Waals surface area contributed by atoms with Crippen molar-refractivity contribution in [3.8, 4) is 0 Å². The molecule has 0 atom stereocenters. The van der Waals surface area contributed by atoms with Crippen LogP contribution in [-0.4, -0.2) is 56.4 Å². The summed E-state index contributed by atoms with van der Waals surface area (Å²) in [5.41, 5.74) is 4.04. The number of tetrazole rings is 1. The van der Waals surface area contributed by atoms with Crippen LogP contribution < -0.4 is 5.32 Å². The van der Waals surface area contributed by atoms with Gasteiger partial charge in [0, 0.05) is 37.2 Å². The SMILES string of the molecule is COCCN(Cc1cc2cc(C)ccc2n2nnnc12)C(=S)NC1CCCCC1. The Morgan fingerprint density at radius 2 is 2.10 bits per heavy atom. The summed E-state index contributed by atoms with van der Waals surface area (Å²) in [5.74, 6) is 0. The number of hydrogen-bond acceptors (Lipinski definition) is 5. The van der Waals surface area contributed by atoms with Gasteiger partial charge in [-0.2, -0.15) is 4.52 Å². The van der Waals surface area contributed by atoms with Crippen molar-refractivity contribution in [3.63, 3.8) is 0 Å². The molecule has 3 aromatic rings. The highest BCUT2D eigenvalue weighted by atomic mass is 32.1. The fraction of sp³-hybridized carbons (Fsp3) is 0.524. The molecule has 1 fully saturated rings. The Balaban J connectivity index is 1.62. The van der Waals surface area contributed by atoms with E-state index in [1.54, 1.807) is 7.11 Å². The van der Waals surface area contributed by atoms with Crippen LogP contribution in [0.1, 0.15) is 43.2 Å². The second-order valence-corrected chi connectivity index (χ2v) is 8.23. The maximum Gasteiger partial charge on any atom is 0.184 e. The molecule has 0 radical (unpaired) electrons. The van der Waals surface area contributed by atoms with Crippen molar-refractivity contribution in [2.75, 3.05) is 20.3 Å². The average molecular weight is 413 g/mol. The van der Waals surface area contributed by atoms with E-state index in [9.17, 15) is 0 Å². The summed E-state index contributed by atoms with van der Waals surface area (Å²) in [7, 11) is 1.72. The molecule has 7 nitrogen and oxygen atoms in total. The van der Waals surface area contributed by atoms with Gasteiger partial charge in [-0.25, -0.2) is 0 Å². The Kier molecular flexibility index (Phi) is 6.20. The first kappa shape index (κ1) is 20.0. The summed E-state index contributed by atoms with van der Waals surface area (Å²) in [6.07, 6.45) is 6.24. The minimum atomic E-state index is 0.468. The van der Waals surface area contributed by atoms with E-state index in [0.717, 1.165) is 27.2 Å². The lowest BCUT2D eigenvalue weighted by Crippen LogP contribution is -2.46.